The standard InChI is InChI=1S/C14H16N6S/c1-3-19-14(21)12(8-15-19)13-16-18-20(17-13)9-11-6-4-5-10(2)7-11/h4-8,21H,3,9H2,1-2H3. The third kappa shape index (κ3) is 2.82. The first-order valence-corrected chi connectivity index (χ1v) is 7.20. The zero-order valence-corrected chi connectivity index (χ0v) is 12.8. The van der Waals surface area contributed by atoms with E-state index in [4.69, 9.17) is 0 Å². The number of nitrogens with zero attached hydrogens (tertiary/aromatic N) is 6. The quantitative estimate of drug-likeness (QED) is 0.750. The van der Waals surface area contributed by atoms with Crippen LogP contribution in [0.1, 0.15) is 18.1 Å². The van der Waals surface area contributed by atoms with E-state index in [1.165, 1.54) is 5.56 Å². The van der Waals surface area contributed by atoms with Gasteiger partial charge in [0.1, 0.15) is 5.03 Å². The van der Waals surface area contributed by atoms with Gasteiger partial charge in [-0.3, -0.25) is 4.68 Å². The van der Waals surface area contributed by atoms with Crippen LogP contribution < -0.4 is 0 Å². The Labute approximate surface area is 128 Å². The molecule has 0 saturated heterocycles. The Bertz CT molecular complexity index is 760. The van der Waals surface area contributed by atoms with E-state index < -0.39 is 0 Å². The Morgan fingerprint density at radius 1 is 1.29 bits per heavy atom. The van der Waals surface area contributed by atoms with Gasteiger partial charge in [-0.15, -0.1) is 22.8 Å². The van der Waals surface area contributed by atoms with Crippen LogP contribution in [0, 0.1) is 6.92 Å². The number of aryl methyl sites for hydroxylation is 2. The lowest BCUT2D eigenvalue weighted by molar-refractivity contribution is 0.572. The molecule has 0 fully saturated rings. The molecule has 0 unspecified atom stereocenters. The molecule has 2 aromatic heterocycles. The van der Waals surface area contributed by atoms with Crippen LogP contribution in [0.15, 0.2) is 35.5 Å². The van der Waals surface area contributed by atoms with Crippen molar-refractivity contribution in [1.82, 2.24) is 30.0 Å². The van der Waals surface area contributed by atoms with Crippen LogP contribution in [-0.2, 0) is 13.1 Å². The van der Waals surface area contributed by atoms with Gasteiger partial charge in [0, 0.05) is 6.54 Å². The summed E-state index contributed by atoms with van der Waals surface area (Å²) in [5.74, 6) is 0.548. The van der Waals surface area contributed by atoms with Crippen LogP contribution in [0.4, 0.5) is 0 Å². The van der Waals surface area contributed by atoms with Crippen LogP contribution in [-0.4, -0.2) is 30.0 Å². The maximum Gasteiger partial charge on any atom is 0.209 e. The van der Waals surface area contributed by atoms with E-state index in [9.17, 15) is 0 Å². The molecule has 3 aromatic rings. The molecule has 0 saturated carbocycles. The zero-order valence-electron chi connectivity index (χ0n) is 11.9. The van der Waals surface area contributed by atoms with Gasteiger partial charge in [-0.1, -0.05) is 29.8 Å². The first-order chi connectivity index (χ1) is 10.2. The van der Waals surface area contributed by atoms with Crippen LogP contribution in [0.5, 0.6) is 0 Å². The zero-order chi connectivity index (χ0) is 14.8. The molecule has 0 aliphatic carbocycles. The minimum absolute atomic E-state index is 0.548. The summed E-state index contributed by atoms with van der Waals surface area (Å²) >= 11 is 4.46. The van der Waals surface area contributed by atoms with E-state index >= 15 is 0 Å². The van der Waals surface area contributed by atoms with Crippen molar-refractivity contribution in [3.63, 3.8) is 0 Å². The van der Waals surface area contributed by atoms with Crippen LogP contribution >= 0.6 is 12.6 Å². The number of tetrazole rings is 1. The Hall–Kier alpha value is -2.15. The lowest BCUT2D eigenvalue weighted by Gasteiger charge is -2.00. The second-order valence-corrected chi connectivity index (χ2v) is 5.25. The summed E-state index contributed by atoms with van der Waals surface area (Å²) in [5.41, 5.74) is 3.17. The summed E-state index contributed by atoms with van der Waals surface area (Å²) in [6, 6.07) is 8.26. The van der Waals surface area contributed by atoms with Crippen LogP contribution in [0.3, 0.4) is 0 Å². The molecule has 0 aliphatic heterocycles. The molecule has 0 N–H and O–H groups in total. The highest BCUT2D eigenvalue weighted by molar-refractivity contribution is 7.80. The molecule has 7 heteroatoms. The molecular weight excluding hydrogens is 284 g/mol. The van der Waals surface area contributed by atoms with E-state index in [1.807, 2.05) is 13.0 Å². The SMILES string of the molecule is CCn1ncc(-c2nnn(Cc3cccc(C)c3)n2)c1S. The van der Waals surface area contributed by atoms with Gasteiger partial charge >= 0.3 is 0 Å². The minimum Gasteiger partial charge on any atom is -0.259 e. The van der Waals surface area contributed by atoms with E-state index in [0.29, 0.717) is 12.4 Å². The smallest absolute Gasteiger partial charge is 0.209 e. The molecule has 0 atom stereocenters. The second kappa shape index (κ2) is 5.69. The van der Waals surface area contributed by atoms with Crippen molar-refractivity contribution in [2.75, 3.05) is 0 Å². The first kappa shape index (κ1) is 13.8. The fourth-order valence-corrected chi connectivity index (χ4v) is 2.51. The number of aromatic nitrogens is 6. The predicted octanol–water partition coefficient (Wildman–Crippen LogP) is 2.20. The molecule has 3 rings (SSSR count). The Balaban J connectivity index is 1.84. The van der Waals surface area contributed by atoms with Crippen molar-refractivity contribution in [1.29, 1.82) is 0 Å². The fraction of sp³-hybridized carbons (Fsp3) is 0.286. The molecular formula is C14H16N6S. The summed E-state index contributed by atoms with van der Waals surface area (Å²) in [7, 11) is 0. The van der Waals surface area contributed by atoms with Gasteiger partial charge in [0.2, 0.25) is 5.82 Å². The molecule has 0 aliphatic rings. The van der Waals surface area contributed by atoms with Crippen molar-refractivity contribution < 1.29 is 0 Å². The molecule has 21 heavy (non-hydrogen) atoms. The number of thiol groups is 1. The number of hydrogen-bond donors (Lipinski definition) is 1. The van der Waals surface area contributed by atoms with Gasteiger partial charge < -0.3 is 0 Å². The van der Waals surface area contributed by atoms with E-state index in [2.05, 4.69) is 58.3 Å². The number of rotatable bonds is 4. The van der Waals surface area contributed by atoms with Crippen molar-refractivity contribution >= 4 is 12.6 Å². The third-order valence-electron chi connectivity index (χ3n) is 3.21. The highest BCUT2D eigenvalue weighted by atomic mass is 32.1. The number of hydrogen-bond acceptors (Lipinski definition) is 5. The Morgan fingerprint density at radius 3 is 2.86 bits per heavy atom. The highest BCUT2D eigenvalue weighted by Gasteiger charge is 2.13. The largest absolute Gasteiger partial charge is 0.259 e. The lowest BCUT2D eigenvalue weighted by atomic mass is 10.1. The number of benzene rings is 1. The van der Waals surface area contributed by atoms with Gasteiger partial charge in [-0.05, 0) is 24.6 Å². The lowest BCUT2D eigenvalue weighted by Crippen LogP contribution is -2.04. The van der Waals surface area contributed by atoms with E-state index in [1.54, 1.807) is 15.7 Å². The first-order valence-electron chi connectivity index (χ1n) is 6.76. The molecule has 0 bridgehead atoms. The van der Waals surface area contributed by atoms with Crippen LogP contribution in [0.2, 0.25) is 0 Å². The highest BCUT2D eigenvalue weighted by Crippen LogP contribution is 2.22. The summed E-state index contributed by atoms with van der Waals surface area (Å²) in [6.45, 7) is 5.43. The average Bonchev–Trinajstić information content (AvgIpc) is 3.05. The fourth-order valence-electron chi connectivity index (χ4n) is 2.16. The maximum absolute atomic E-state index is 4.46. The molecule has 0 amide bonds. The van der Waals surface area contributed by atoms with Gasteiger partial charge in [0.25, 0.3) is 0 Å². The predicted molar refractivity (Wildman–Crippen MR) is 82.2 cm³/mol. The maximum atomic E-state index is 4.46. The van der Waals surface area contributed by atoms with Gasteiger partial charge in [-0.2, -0.15) is 9.90 Å². The van der Waals surface area contributed by atoms with E-state index in [-0.39, 0.29) is 0 Å². The normalized spacial score (nSPS) is 11.0. The Kier molecular flexibility index (Phi) is 3.74. The van der Waals surface area contributed by atoms with Crippen molar-refractivity contribution in [3.05, 3.63) is 41.6 Å². The topological polar surface area (TPSA) is 61.4 Å². The summed E-state index contributed by atoms with van der Waals surface area (Å²) < 4.78 is 1.79. The van der Waals surface area contributed by atoms with Gasteiger partial charge in [0.05, 0.1) is 18.3 Å². The molecule has 6 nitrogen and oxygen atoms in total. The van der Waals surface area contributed by atoms with Gasteiger partial charge in [-0.25, -0.2) is 0 Å². The molecule has 1 aromatic carbocycles. The van der Waals surface area contributed by atoms with Gasteiger partial charge in [0.15, 0.2) is 0 Å². The minimum atomic E-state index is 0.548. The van der Waals surface area contributed by atoms with Crippen LogP contribution in [0.25, 0.3) is 11.4 Å². The third-order valence-corrected chi connectivity index (χ3v) is 3.68. The summed E-state index contributed by atoms with van der Waals surface area (Å²) in [5, 5.41) is 17.6. The monoisotopic (exact) mass is 300 g/mol. The summed E-state index contributed by atoms with van der Waals surface area (Å²) in [4.78, 5) is 1.58. The van der Waals surface area contributed by atoms with Crippen molar-refractivity contribution in [3.8, 4) is 11.4 Å². The average molecular weight is 300 g/mol. The van der Waals surface area contributed by atoms with Crippen molar-refractivity contribution in [2.45, 2.75) is 32.0 Å². The molecule has 108 valence electrons. The molecule has 2 heterocycles. The van der Waals surface area contributed by atoms with Crippen molar-refractivity contribution in [2.24, 2.45) is 0 Å². The Morgan fingerprint density at radius 2 is 2.14 bits per heavy atom. The summed E-state index contributed by atoms with van der Waals surface area (Å²) in [6.07, 6.45) is 1.72. The molecule has 0 spiro atoms. The molecule has 0 radical (unpaired) electrons. The second-order valence-electron chi connectivity index (χ2n) is 4.83. The van der Waals surface area contributed by atoms with E-state index in [0.717, 1.165) is 22.7 Å².